The summed E-state index contributed by atoms with van der Waals surface area (Å²) < 4.78 is 0. The van der Waals surface area contributed by atoms with Crippen LogP contribution < -0.4 is 10.2 Å². The lowest BCUT2D eigenvalue weighted by Gasteiger charge is -2.28. The number of nitrogens with zero attached hydrogens (tertiary/aromatic N) is 1. The summed E-state index contributed by atoms with van der Waals surface area (Å²) >= 11 is 1.63. The number of carbonyl (C=O) groups is 2. The Kier molecular flexibility index (Phi) is 6.22. The van der Waals surface area contributed by atoms with Gasteiger partial charge in [0.15, 0.2) is 0 Å². The second-order valence-corrected chi connectivity index (χ2v) is 8.13. The molecule has 0 bridgehead atoms. The van der Waals surface area contributed by atoms with E-state index >= 15 is 0 Å². The van der Waals surface area contributed by atoms with Crippen molar-refractivity contribution >= 4 is 35.0 Å². The highest BCUT2D eigenvalue weighted by atomic mass is 32.2. The minimum Gasteiger partial charge on any atom is -0.326 e. The van der Waals surface area contributed by atoms with Gasteiger partial charge in [-0.2, -0.15) is 0 Å². The molecule has 2 aromatic carbocycles. The highest BCUT2D eigenvalue weighted by molar-refractivity contribution is 8.00. The number of amides is 2. The molecule has 1 N–H and O–H groups in total. The van der Waals surface area contributed by atoms with Crippen molar-refractivity contribution in [2.45, 2.75) is 44.9 Å². The Morgan fingerprint density at radius 2 is 2.00 bits per heavy atom. The average Bonchev–Trinajstić information content (AvgIpc) is 3.03. The van der Waals surface area contributed by atoms with Crippen molar-refractivity contribution in [3.63, 3.8) is 0 Å². The number of para-hydroxylation sites is 1. The minimum absolute atomic E-state index is 0.0202. The SMILES string of the molecule is CCCC(=O)Nc1cccc([C@@H]2SCC(=O)N2c2ccccc2C(C)C)c1. The van der Waals surface area contributed by atoms with Crippen molar-refractivity contribution in [2.75, 3.05) is 16.0 Å². The summed E-state index contributed by atoms with van der Waals surface area (Å²) in [6.45, 7) is 6.28. The van der Waals surface area contributed by atoms with Gasteiger partial charge in [-0.15, -0.1) is 11.8 Å². The molecule has 1 fully saturated rings. The fraction of sp³-hybridized carbons (Fsp3) is 0.364. The highest BCUT2D eigenvalue weighted by Gasteiger charge is 2.35. The zero-order valence-electron chi connectivity index (χ0n) is 16.1. The molecular formula is C22H26N2O2S. The molecule has 0 aromatic heterocycles. The third-order valence-electron chi connectivity index (χ3n) is 4.62. The van der Waals surface area contributed by atoms with Gasteiger partial charge in [0.1, 0.15) is 5.37 Å². The number of nitrogens with one attached hydrogen (secondary N) is 1. The predicted molar refractivity (Wildman–Crippen MR) is 113 cm³/mol. The third-order valence-corrected chi connectivity index (χ3v) is 5.83. The number of anilines is 2. The maximum Gasteiger partial charge on any atom is 0.238 e. The van der Waals surface area contributed by atoms with Gasteiger partial charge in [0.2, 0.25) is 11.8 Å². The number of carbonyl (C=O) groups excluding carboxylic acids is 2. The molecule has 0 saturated carbocycles. The normalized spacial score (nSPS) is 16.8. The summed E-state index contributed by atoms with van der Waals surface area (Å²) in [7, 11) is 0. The molecule has 4 nitrogen and oxygen atoms in total. The summed E-state index contributed by atoms with van der Waals surface area (Å²) in [5.74, 6) is 0.939. The van der Waals surface area contributed by atoms with E-state index in [1.54, 1.807) is 11.8 Å². The minimum atomic E-state index is -0.0829. The summed E-state index contributed by atoms with van der Waals surface area (Å²) in [5, 5.41) is 2.87. The molecule has 0 aliphatic carbocycles. The fourth-order valence-electron chi connectivity index (χ4n) is 3.35. The van der Waals surface area contributed by atoms with Gasteiger partial charge in [-0.3, -0.25) is 14.5 Å². The Morgan fingerprint density at radius 3 is 2.74 bits per heavy atom. The summed E-state index contributed by atoms with van der Waals surface area (Å²) in [6.07, 6.45) is 1.33. The number of hydrogen-bond acceptors (Lipinski definition) is 3. The second kappa shape index (κ2) is 8.61. The van der Waals surface area contributed by atoms with Crippen molar-refractivity contribution in [1.82, 2.24) is 0 Å². The van der Waals surface area contributed by atoms with Crippen LogP contribution in [0.25, 0.3) is 0 Å². The number of thioether (sulfide) groups is 1. The second-order valence-electron chi connectivity index (χ2n) is 7.06. The van der Waals surface area contributed by atoms with Crippen LogP contribution in [0.4, 0.5) is 11.4 Å². The van der Waals surface area contributed by atoms with E-state index in [0.717, 1.165) is 23.4 Å². The Labute approximate surface area is 165 Å². The fourth-order valence-corrected chi connectivity index (χ4v) is 4.51. The standard InChI is InChI=1S/C22H26N2O2S/c1-4-8-20(25)23-17-10-7-9-16(13-17)22-24(21(26)14-27-22)19-12-6-5-11-18(19)15(2)3/h5-7,9-13,15,22H,4,8,14H2,1-3H3,(H,23,25)/t22-/m0/s1. The molecule has 5 heteroatoms. The van der Waals surface area contributed by atoms with Crippen LogP contribution in [0, 0.1) is 0 Å². The molecule has 2 amide bonds. The first-order valence-corrected chi connectivity index (χ1v) is 10.5. The molecule has 1 aliphatic heterocycles. The molecule has 2 aromatic rings. The van der Waals surface area contributed by atoms with Gasteiger partial charge in [0, 0.05) is 17.8 Å². The lowest BCUT2D eigenvalue weighted by Crippen LogP contribution is -2.29. The summed E-state index contributed by atoms with van der Waals surface area (Å²) in [6, 6.07) is 16.0. The van der Waals surface area contributed by atoms with Crippen molar-refractivity contribution in [3.05, 3.63) is 59.7 Å². The number of rotatable bonds is 6. The van der Waals surface area contributed by atoms with Crippen molar-refractivity contribution in [1.29, 1.82) is 0 Å². The lowest BCUT2D eigenvalue weighted by molar-refractivity contribution is -0.116. The third kappa shape index (κ3) is 4.35. The van der Waals surface area contributed by atoms with Crippen LogP contribution in [0.2, 0.25) is 0 Å². The molecular weight excluding hydrogens is 356 g/mol. The first-order chi connectivity index (χ1) is 13.0. The zero-order valence-corrected chi connectivity index (χ0v) is 16.9. The smallest absolute Gasteiger partial charge is 0.238 e. The topological polar surface area (TPSA) is 49.4 Å². The van der Waals surface area contributed by atoms with E-state index in [1.165, 1.54) is 5.56 Å². The van der Waals surface area contributed by atoms with Crippen LogP contribution in [0.1, 0.15) is 56.0 Å². The van der Waals surface area contributed by atoms with Crippen LogP contribution in [-0.2, 0) is 9.59 Å². The zero-order chi connectivity index (χ0) is 19.4. The van der Waals surface area contributed by atoms with Gasteiger partial charge >= 0.3 is 0 Å². The van der Waals surface area contributed by atoms with E-state index in [4.69, 9.17) is 0 Å². The number of benzene rings is 2. The maximum absolute atomic E-state index is 12.7. The molecule has 1 heterocycles. The van der Waals surface area contributed by atoms with Crippen LogP contribution in [0.15, 0.2) is 48.5 Å². The van der Waals surface area contributed by atoms with Crippen LogP contribution >= 0.6 is 11.8 Å². The first-order valence-electron chi connectivity index (χ1n) is 9.43. The first kappa shape index (κ1) is 19.5. The Balaban J connectivity index is 1.92. The van der Waals surface area contributed by atoms with Crippen molar-refractivity contribution in [2.24, 2.45) is 0 Å². The predicted octanol–water partition coefficient (Wildman–Crippen LogP) is 5.33. The molecule has 0 spiro atoms. The molecule has 0 radical (unpaired) electrons. The molecule has 1 saturated heterocycles. The quantitative estimate of drug-likeness (QED) is 0.735. The number of hydrogen-bond donors (Lipinski definition) is 1. The molecule has 142 valence electrons. The van der Waals surface area contributed by atoms with Gasteiger partial charge in [-0.1, -0.05) is 51.1 Å². The van der Waals surface area contributed by atoms with Gasteiger partial charge in [-0.05, 0) is 41.7 Å². The van der Waals surface area contributed by atoms with Gasteiger partial charge in [0.25, 0.3) is 0 Å². The summed E-state index contributed by atoms with van der Waals surface area (Å²) in [4.78, 5) is 26.5. The molecule has 1 aliphatic rings. The van der Waals surface area contributed by atoms with E-state index in [0.29, 0.717) is 18.1 Å². The van der Waals surface area contributed by atoms with E-state index in [1.807, 2.05) is 54.3 Å². The lowest BCUT2D eigenvalue weighted by atomic mass is 10.00. The Morgan fingerprint density at radius 1 is 1.22 bits per heavy atom. The van der Waals surface area contributed by atoms with Gasteiger partial charge < -0.3 is 5.32 Å². The molecule has 27 heavy (non-hydrogen) atoms. The van der Waals surface area contributed by atoms with Crippen LogP contribution in [-0.4, -0.2) is 17.6 Å². The Bertz CT molecular complexity index is 835. The maximum atomic E-state index is 12.7. The van der Waals surface area contributed by atoms with Gasteiger partial charge in [0.05, 0.1) is 5.75 Å². The van der Waals surface area contributed by atoms with Crippen LogP contribution in [0.3, 0.4) is 0 Å². The average molecular weight is 383 g/mol. The monoisotopic (exact) mass is 382 g/mol. The van der Waals surface area contributed by atoms with Crippen molar-refractivity contribution < 1.29 is 9.59 Å². The van der Waals surface area contributed by atoms with Crippen LogP contribution in [0.5, 0.6) is 0 Å². The molecule has 1 atom stereocenters. The highest BCUT2D eigenvalue weighted by Crippen LogP contribution is 2.44. The summed E-state index contributed by atoms with van der Waals surface area (Å²) in [5.41, 5.74) is 3.96. The molecule has 3 rings (SSSR count). The van der Waals surface area contributed by atoms with Crippen molar-refractivity contribution in [3.8, 4) is 0 Å². The molecule has 0 unspecified atom stereocenters. The van der Waals surface area contributed by atoms with E-state index in [2.05, 4.69) is 25.2 Å². The Hall–Kier alpha value is -2.27. The largest absolute Gasteiger partial charge is 0.326 e. The van der Waals surface area contributed by atoms with E-state index < -0.39 is 0 Å². The van der Waals surface area contributed by atoms with E-state index in [-0.39, 0.29) is 17.2 Å². The van der Waals surface area contributed by atoms with E-state index in [9.17, 15) is 9.59 Å². The van der Waals surface area contributed by atoms with Gasteiger partial charge in [-0.25, -0.2) is 0 Å².